The van der Waals surface area contributed by atoms with Crippen molar-refractivity contribution in [1.82, 2.24) is 9.21 Å². The van der Waals surface area contributed by atoms with Gasteiger partial charge in [0.05, 0.1) is 17.6 Å². The van der Waals surface area contributed by atoms with Gasteiger partial charge in [-0.2, -0.15) is 4.31 Å². The fourth-order valence-electron chi connectivity index (χ4n) is 3.87. The predicted molar refractivity (Wildman–Crippen MR) is 122 cm³/mol. The Labute approximate surface area is 185 Å². The molecule has 1 aliphatic heterocycles. The first kappa shape index (κ1) is 23.3. The highest BCUT2D eigenvalue weighted by atomic mass is 32.2. The summed E-state index contributed by atoms with van der Waals surface area (Å²) in [6.07, 6.45) is 3.81. The van der Waals surface area contributed by atoms with E-state index in [1.165, 1.54) is 19.2 Å². The number of carbonyl (C=O) groups is 1. The number of rotatable bonds is 7. The maximum Gasteiger partial charge on any atom is 0.258 e. The summed E-state index contributed by atoms with van der Waals surface area (Å²) in [6, 6.07) is 14.3. The van der Waals surface area contributed by atoms with E-state index < -0.39 is 10.0 Å². The Morgan fingerprint density at radius 1 is 1.03 bits per heavy atom. The van der Waals surface area contributed by atoms with Crippen molar-refractivity contribution in [3.63, 3.8) is 0 Å². The van der Waals surface area contributed by atoms with Crippen molar-refractivity contribution >= 4 is 15.9 Å². The molecule has 0 spiro atoms. The number of hydrogen-bond acceptors (Lipinski definition) is 4. The lowest BCUT2D eigenvalue weighted by Crippen LogP contribution is -2.37. The van der Waals surface area contributed by atoms with E-state index in [1.54, 1.807) is 15.3 Å². The van der Waals surface area contributed by atoms with Crippen molar-refractivity contribution in [3.8, 4) is 5.75 Å². The highest BCUT2D eigenvalue weighted by Gasteiger charge is 2.29. The van der Waals surface area contributed by atoms with Gasteiger partial charge in [-0.05, 0) is 50.5 Å². The molecule has 0 radical (unpaired) electrons. The number of ether oxygens (including phenoxy) is 1. The van der Waals surface area contributed by atoms with Gasteiger partial charge in [-0.1, -0.05) is 43.2 Å². The van der Waals surface area contributed by atoms with Crippen molar-refractivity contribution < 1.29 is 17.9 Å². The lowest BCUT2D eigenvalue weighted by Gasteiger charge is -2.28. The van der Waals surface area contributed by atoms with E-state index in [0.717, 1.165) is 31.2 Å². The molecule has 31 heavy (non-hydrogen) atoms. The summed E-state index contributed by atoms with van der Waals surface area (Å²) in [7, 11) is -2.17. The Bertz CT molecular complexity index is 982. The molecule has 6 nitrogen and oxygen atoms in total. The molecule has 0 unspecified atom stereocenters. The van der Waals surface area contributed by atoms with Crippen molar-refractivity contribution in [3.05, 3.63) is 59.7 Å². The molecule has 0 bridgehead atoms. The van der Waals surface area contributed by atoms with Crippen LogP contribution in [0.1, 0.15) is 55.5 Å². The number of hydrogen-bond donors (Lipinski definition) is 0. The quantitative estimate of drug-likeness (QED) is 0.638. The normalized spacial score (nSPS) is 15.5. The third-order valence-corrected chi connectivity index (χ3v) is 7.58. The zero-order valence-corrected chi connectivity index (χ0v) is 19.4. The summed E-state index contributed by atoms with van der Waals surface area (Å²) in [5, 5.41) is 0. The van der Waals surface area contributed by atoms with Crippen LogP contribution in [0.25, 0.3) is 0 Å². The lowest BCUT2D eigenvalue weighted by atomic mass is 10.1. The van der Waals surface area contributed by atoms with Gasteiger partial charge in [-0.15, -0.1) is 0 Å². The molecule has 1 aliphatic rings. The van der Waals surface area contributed by atoms with Gasteiger partial charge < -0.3 is 9.64 Å². The molecule has 0 aliphatic carbocycles. The van der Waals surface area contributed by atoms with Gasteiger partial charge in [-0.3, -0.25) is 4.79 Å². The smallest absolute Gasteiger partial charge is 0.258 e. The van der Waals surface area contributed by atoms with Crippen LogP contribution in [-0.2, 0) is 16.6 Å². The van der Waals surface area contributed by atoms with Crippen LogP contribution in [-0.4, -0.2) is 49.8 Å². The van der Waals surface area contributed by atoms with Crippen LogP contribution >= 0.6 is 0 Å². The van der Waals surface area contributed by atoms with E-state index in [0.29, 0.717) is 25.4 Å². The summed E-state index contributed by atoms with van der Waals surface area (Å²) < 4.78 is 33.5. The van der Waals surface area contributed by atoms with Crippen molar-refractivity contribution in [2.24, 2.45) is 0 Å². The number of sulfonamides is 1. The Balaban J connectivity index is 1.96. The molecule has 1 fully saturated rings. The average molecular weight is 445 g/mol. The highest BCUT2D eigenvalue weighted by Crippen LogP contribution is 2.28. The second-order valence-electron chi connectivity index (χ2n) is 8.19. The molecular weight excluding hydrogens is 412 g/mol. The van der Waals surface area contributed by atoms with E-state index in [9.17, 15) is 13.2 Å². The number of benzene rings is 2. The number of nitrogens with zero attached hydrogens (tertiary/aromatic N) is 2. The summed E-state index contributed by atoms with van der Waals surface area (Å²) >= 11 is 0. The predicted octanol–water partition coefficient (Wildman–Crippen LogP) is 4.31. The van der Waals surface area contributed by atoms with Crippen LogP contribution in [0.5, 0.6) is 5.75 Å². The van der Waals surface area contributed by atoms with Gasteiger partial charge in [0.15, 0.2) is 0 Å². The summed E-state index contributed by atoms with van der Waals surface area (Å²) in [5.74, 6) is 0.127. The zero-order chi connectivity index (χ0) is 22.4. The number of amides is 1. The van der Waals surface area contributed by atoms with Gasteiger partial charge in [0.1, 0.15) is 5.75 Å². The molecular formula is C24H32N2O4S. The van der Waals surface area contributed by atoms with Crippen LogP contribution in [0.2, 0.25) is 0 Å². The summed E-state index contributed by atoms with van der Waals surface area (Å²) in [4.78, 5) is 15.4. The van der Waals surface area contributed by atoms with Gasteiger partial charge in [0.25, 0.3) is 5.91 Å². The molecule has 2 aromatic rings. The molecule has 0 saturated carbocycles. The maximum absolute atomic E-state index is 13.5. The lowest BCUT2D eigenvalue weighted by molar-refractivity contribution is 0.0686. The first-order chi connectivity index (χ1) is 14.8. The first-order valence-electron chi connectivity index (χ1n) is 10.9. The molecule has 1 saturated heterocycles. The third-order valence-electron chi connectivity index (χ3n) is 5.68. The van der Waals surface area contributed by atoms with E-state index in [4.69, 9.17) is 4.74 Å². The topological polar surface area (TPSA) is 66.9 Å². The minimum absolute atomic E-state index is 0.0664. The largest absolute Gasteiger partial charge is 0.496 e. The zero-order valence-electron chi connectivity index (χ0n) is 18.6. The molecule has 3 rings (SSSR count). The molecule has 1 heterocycles. The molecule has 0 atom stereocenters. The Morgan fingerprint density at radius 3 is 2.26 bits per heavy atom. The van der Waals surface area contributed by atoms with E-state index in [1.807, 2.05) is 44.2 Å². The summed E-state index contributed by atoms with van der Waals surface area (Å²) in [6.45, 7) is 5.37. The summed E-state index contributed by atoms with van der Waals surface area (Å²) in [5.41, 5.74) is 1.28. The van der Waals surface area contributed by atoms with Crippen molar-refractivity contribution in [2.75, 3.05) is 20.2 Å². The standard InChI is InChI=1S/C24H32N2O4S/c1-19(2)26(18-20-11-7-6-8-12-20)24(27)22-17-21(13-14-23(22)30-3)31(28,29)25-15-9-4-5-10-16-25/h6-8,11-14,17,19H,4-5,9-10,15-16,18H2,1-3H3. The monoisotopic (exact) mass is 444 g/mol. The van der Waals surface area contributed by atoms with Gasteiger partial charge in [0, 0.05) is 25.7 Å². The van der Waals surface area contributed by atoms with Crippen LogP contribution < -0.4 is 4.74 Å². The first-order valence-corrected chi connectivity index (χ1v) is 12.3. The molecule has 1 amide bonds. The second kappa shape index (κ2) is 10.3. The Morgan fingerprint density at radius 2 is 1.68 bits per heavy atom. The fourth-order valence-corrected chi connectivity index (χ4v) is 5.41. The average Bonchev–Trinajstić information content (AvgIpc) is 3.07. The number of carbonyl (C=O) groups excluding carboxylic acids is 1. The van der Waals surface area contributed by atoms with Crippen LogP contribution in [0.4, 0.5) is 0 Å². The van der Waals surface area contributed by atoms with Crippen LogP contribution in [0.15, 0.2) is 53.4 Å². The maximum atomic E-state index is 13.5. The fraction of sp³-hybridized carbons (Fsp3) is 0.458. The van der Waals surface area contributed by atoms with Crippen molar-refractivity contribution in [1.29, 1.82) is 0 Å². The van der Waals surface area contributed by atoms with E-state index in [2.05, 4.69) is 0 Å². The van der Waals surface area contributed by atoms with E-state index >= 15 is 0 Å². The third kappa shape index (κ3) is 5.46. The minimum Gasteiger partial charge on any atom is -0.496 e. The molecule has 7 heteroatoms. The van der Waals surface area contributed by atoms with Crippen LogP contribution in [0.3, 0.4) is 0 Å². The minimum atomic E-state index is -3.66. The van der Waals surface area contributed by atoms with E-state index in [-0.39, 0.29) is 22.4 Å². The highest BCUT2D eigenvalue weighted by molar-refractivity contribution is 7.89. The Kier molecular flexibility index (Phi) is 7.73. The van der Waals surface area contributed by atoms with Gasteiger partial charge in [0.2, 0.25) is 10.0 Å². The molecule has 0 N–H and O–H groups in total. The second-order valence-corrected chi connectivity index (χ2v) is 10.1. The Hall–Kier alpha value is -2.38. The SMILES string of the molecule is COc1ccc(S(=O)(=O)N2CCCCCC2)cc1C(=O)N(Cc1ccccc1)C(C)C. The molecule has 0 aromatic heterocycles. The van der Waals surface area contributed by atoms with Crippen molar-refractivity contribution in [2.45, 2.75) is 57.0 Å². The van der Waals surface area contributed by atoms with Crippen LogP contribution in [0, 0.1) is 0 Å². The molecule has 168 valence electrons. The van der Waals surface area contributed by atoms with Gasteiger partial charge >= 0.3 is 0 Å². The molecule has 2 aromatic carbocycles. The number of methoxy groups -OCH3 is 1. The van der Waals surface area contributed by atoms with Gasteiger partial charge in [-0.25, -0.2) is 8.42 Å².